The van der Waals surface area contributed by atoms with Crippen LogP contribution >= 0.6 is 0 Å². The van der Waals surface area contributed by atoms with E-state index in [0.29, 0.717) is 18.8 Å². The summed E-state index contributed by atoms with van der Waals surface area (Å²) in [5.74, 6) is 0.756. The number of carbonyl (C=O) groups excluding carboxylic acids is 1. The fourth-order valence-electron chi connectivity index (χ4n) is 3.61. The molecule has 0 bridgehead atoms. The number of amides is 1. The van der Waals surface area contributed by atoms with Crippen LogP contribution in [-0.2, 0) is 17.4 Å². The summed E-state index contributed by atoms with van der Waals surface area (Å²) in [7, 11) is 1.92. The Morgan fingerprint density at radius 3 is 2.72 bits per heavy atom. The van der Waals surface area contributed by atoms with Crippen LogP contribution in [0.15, 0.2) is 18.5 Å². The Labute approximate surface area is 170 Å². The van der Waals surface area contributed by atoms with Crippen LogP contribution in [0.5, 0.6) is 5.88 Å². The van der Waals surface area contributed by atoms with Gasteiger partial charge < -0.3 is 10.1 Å². The minimum absolute atomic E-state index is 0.0736. The van der Waals surface area contributed by atoms with E-state index in [4.69, 9.17) is 9.72 Å². The molecule has 1 aliphatic rings. The molecule has 1 aliphatic heterocycles. The monoisotopic (exact) mass is 396 g/mol. The van der Waals surface area contributed by atoms with Gasteiger partial charge in [-0.25, -0.2) is 4.98 Å². The quantitative estimate of drug-likeness (QED) is 0.733. The van der Waals surface area contributed by atoms with Gasteiger partial charge in [-0.3, -0.25) is 14.2 Å². The van der Waals surface area contributed by atoms with Gasteiger partial charge in [0.25, 0.3) is 0 Å². The van der Waals surface area contributed by atoms with Gasteiger partial charge in [0.1, 0.15) is 11.6 Å². The summed E-state index contributed by atoms with van der Waals surface area (Å²) in [4.78, 5) is 16.4. The Kier molecular flexibility index (Phi) is 4.59. The average molecular weight is 396 g/mol. The van der Waals surface area contributed by atoms with Crippen molar-refractivity contribution in [2.75, 3.05) is 6.54 Å². The maximum atomic E-state index is 11.6. The van der Waals surface area contributed by atoms with Crippen LogP contribution in [-0.4, -0.2) is 43.1 Å². The van der Waals surface area contributed by atoms with Crippen molar-refractivity contribution in [3.8, 4) is 17.1 Å². The first kappa shape index (κ1) is 19.4. The fourth-order valence-corrected chi connectivity index (χ4v) is 3.61. The molecule has 0 aromatic carbocycles. The predicted molar refractivity (Wildman–Crippen MR) is 111 cm³/mol. The Balaban J connectivity index is 1.75. The second-order valence-electron chi connectivity index (χ2n) is 8.85. The summed E-state index contributed by atoms with van der Waals surface area (Å²) in [6, 6.07) is 1.98. The largest absolute Gasteiger partial charge is 0.474 e. The number of carbonyl (C=O) groups is 1. The topological polar surface area (TPSA) is 86.9 Å². The smallest absolute Gasteiger partial charge is 0.225 e. The molecule has 1 amide bonds. The van der Waals surface area contributed by atoms with Crippen LogP contribution in [0.25, 0.3) is 22.2 Å². The van der Waals surface area contributed by atoms with E-state index in [-0.39, 0.29) is 23.5 Å². The molecule has 4 heterocycles. The number of rotatable bonds is 4. The van der Waals surface area contributed by atoms with E-state index in [1.54, 1.807) is 0 Å². The third-order valence-electron chi connectivity index (χ3n) is 5.61. The molecule has 29 heavy (non-hydrogen) atoms. The number of hydrogen-bond acceptors (Lipinski definition) is 5. The second kappa shape index (κ2) is 6.86. The molecule has 154 valence electrons. The number of aryl methyl sites for hydroxylation is 2. The van der Waals surface area contributed by atoms with E-state index < -0.39 is 0 Å². The summed E-state index contributed by atoms with van der Waals surface area (Å²) >= 11 is 0. The number of pyridine rings is 1. The van der Waals surface area contributed by atoms with Crippen molar-refractivity contribution in [1.82, 2.24) is 29.9 Å². The Bertz CT molecular complexity index is 1070. The van der Waals surface area contributed by atoms with Crippen molar-refractivity contribution in [3.63, 3.8) is 0 Å². The van der Waals surface area contributed by atoms with Crippen LogP contribution in [0, 0.1) is 12.8 Å². The third kappa shape index (κ3) is 3.59. The first-order chi connectivity index (χ1) is 13.6. The molecule has 3 aromatic rings. The van der Waals surface area contributed by atoms with Crippen molar-refractivity contribution >= 4 is 16.8 Å². The molecule has 8 heteroatoms. The molecule has 0 saturated carbocycles. The lowest BCUT2D eigenvalue weighted by Gasteiger charge is -2.20. The molecule has 1 saturated heterocycles. The lowest BCUT2D eigenvalue weighted by Crippen LogP contribution is -2.26. The fraction of sp³-hybridized carbons (Fsp3) is 0.524. The molecule has 8 nitrogen and oxygen atoms in total. The summed E-state index contributed by atoms with van der Waals surface area (Å²) in [5, 5.41) is 12.9. The van der Waals surface area contributed by atoms with Crippen molar-refractivity contribution in [1.29, 1.82) is 0 Å². The molecule has 1 fully saturated rings. The predicted octanol–water partition coefficient (Wildman–Crippen LogP) is 2.80. The minimum atomic E-state index is -0.142. The Hall–Kier alpha value is -2.90. The molecule has 0 aliphatic carbocycles. The van der Waals surface area contributed by atoms with E-state index in [1.807, 2.05) is 48.7 Å². The Morgan fingerprint density at radius 1 is 1.34 bits per heavy atom. The summed E-state index contributed by atoms with van der Waals surface area (Å²) in [6.45, 7) is 11.0. The lowest BCUT2D eigenvalue weighted by molar-refractivity contribution is -0.119. The van der Waals surface area contributed by atoms with Gasteiger partial charge in [-0.1, -0.05) is 0 Å². The maximum absolute atomic E-state index is 11.6. The van der Waals surface area contributed by atoms with Crippen LogP contribution in [0.4, 0.5) is 0 Å². The number of ether oxygens (including phenoxy) is 1. The van der Waals surface area contributed by atoms with Crippen LogP contribution in [0.3, 0.4) is 0 Å². The van der Waals surface area contributed by atoms with Crippen molar-refractivity contribution in [3.05, 3.63) is 24.2 Å². The first-order valence-electron chi connectivity index (χ1n) is 9.96. The second-order valence-corrected chi connectivity index (χ2v) is 8.85. The van der Waals surface area contributed by atoms with Crippen molar-refractivity contribution in [2.45, 2.75) is 52.7 Å². The zero-order chi connectivity index (χ0) is 20.9. The van der Waals surface area contributed by atoms with E-state index in [1.165, 1.54) is 0 Å². The van der Waals surface area contributed by atoms with E-state index in [9.17, 15) is 4.79 Å². The maximum Gasteiger partial charge on any atom is 0.225 e. The van der Waals surface area contributed by atoms with Gasteiger partial charge in [-0.05, 0) is 40.7 Å². The van der Waals surface area contributed by atoms with Crippen LogP contribution < -0.4 is 10.1 Å². The first-order valence-corrected chi connectivity index (χ1v) is 9.96. The summed E-state index contributed by atoms with van der Waals surface area (Å²) in [6.07, 6.45) is 4.16. The molecular weight excluding hydrogens is 368 g/mol. The van der Waals surface area contributed by atoms with Gasteiger partial charge in [0.2, 0.25) is 11.8 Å². The van der Waals surface area contributed by atoms with Gasteiger partial charge in [-0.2, -0.15) is 10.2 Å². The highest BCUT2D eigenvalue weighted by Crippen LogP contribution is 2.33. The molecule has 0 unspecified atom stereocenters. The van der Waals surface area contributed by atoms with Crippen LogP contribution in [0.1, 0.15) is 39.8 Å². The molecular formula is C21H28N6O2. The molecule has 4 rings (SSSR count). The number of fused-ring (bicyclic) bond motifs is 1. The molecule has 2 atom stereocenters. The number of nitrogens with zero attached hydrogens (tertiary/aromatic N) is 5. The Morgan fingerprint density at radius 2 is 2.10 bits per heavy atom. The van der Waals surface area contributed by atoms with Gasteiger partial charge in [0, 0.05) is 43.4 Å². The molecule has 1 N–H and O–H groups in total. The van der Waals surface area contributed by atoms with Crippen molar-refractivity contribution in [2.24, 2.45) is 13.0 Å². The van der Waals surface area contributed by atoms with E-state index in [0.717, 1.165) is 27.9 Å². The molecule has 0 spiro atoms. The number of nitrogens with one attached hydrogen (secondary N) is 1. The van der Waals surface area contributed by atoms with E-state index >= 15 is 0 Å². The van der Waals surface area contributed by atoms with Gasteiger partial charge in [-0.15, -0.1) is 0 Å². The number of hydrogen-bond donors (Lipinski definition) is 1. The van der Waals surface area contributed by atoms with E-state index in [2.05, 4.69) is 36.3 Å². The summed E-state index contributed by atoms with van der Waals surface area (Å²) < 4.78 is 10.1. The standard InChI is InChI=1S/C21H28N6O2/c1-12-19-17(25-26(12)6)8-16(15-10-23-27(11-15)21(3,4)5)24-20(19)29-13(2)14-7-18(28)22-9-14/h8,10-11,13-14H,7,9H2,1-6H3,(H,22,28)/t13-,14-/m1/s1. The van der Waals surface area contributed by atoms with Crippen LogP contribution in [0.2, 0.25) is 0 Å². The number of aromatic nitrogens is 5. The third-order valence-corrected chi connectivity index (χ3v) is 5.61. The summed E-state index contributed by atoms with van der Waals surface area (Å²) in [5.41, 5.74) is 3.41. The molecule has 0 radical (unpaired) electrons. The van der Waals surface area contributed by atoms with Gasteiger partial charge in [0.15, 0.2) is 0 Å². The highest BCUT2D eigenvalue weighted by atomic mass is 16.5. The molecule has 3 aromatic heterocycles. The highest BCUT2D eigenvalue weighted by molar-refractivity contribution is 5.89. The normalized spacial score (nSPS) is 18.3. The average Bonchev–Trinajstić information content (AvgIpc) is 3.34. The zero-order valence-corrected chi connectivity index (χ0v) is 17.9. The zero-order valence-electron chi connectivity index (χ0n) is 17.9. The van der Waals surface area contributed by atoms with Gasteiger partial charge in [0.05, 0.1) is 22.8 Å². The lowest BCUT2D eigenvalue weighted by atomic mass is 10.0. The SMILES string of the molecule is Cc1c2c(O[C@H](C)[C@H]3CNC(=O)C3)nc(-c3cnn(C(C)(C)C)c3)cc2nn1C. The highest BCUT2D eigenvalue weighted by Gasteiger charge is 2.29. The minimum Gasteiger partial charge on any atom is -0.474 e. The van der Waals surface area contributed by atoms with Crippen molar-refractivity contribution < 1.29 is 9.53 Å². The van der Waals surface area contributed by atoms with Gasteiger partial charge >= 0.3 is 0 Å².